The molecule has 2 aromatic rings. The van der Waals surface area contributed by atoms with E-state index in [9.17, 15) is 14.4 Å². The number of rotatable bonds is 3. The van der Waals surface area contributed by atoms with Crippen LogP contribution in [0.5, 0.6) is 0 Å². The minimum Gasteiger partial charge on any atom is -0.407 e. The monoisotopic (exact) mass is 296 g/mol. The second kappa shape index (κ2) is 5.48. The van der Waals surface area contributed by atoms with Crippen LogP contribution in [0.1, 0.15) is 6.42 Å². The highest BCUT2D eigenvalue weighted by atomic mass is 16.6. The zero-order chi connectivity index (χ0) is 15.6. The van der Waals surface area contributed by atoms with Gasteiger partial charge in [0.15, 0.2) is 11.2 Å². The lowest BCUT2D eigenvalue weighted by Crippen LogP contribution is -2.29. The maximum absolute atomic E-state index is 11.8. The zero-order valence-corrected chi connectivity index (χ0v) is 10.9. The van der Waals surface area contributed by atoms with Crippen LogP contribution in [0.2, 0.25) is 0 Å². The Hall–Kier alpha value is -3.11. The summed E-state index contributed by atoms with van der Waals surface area (Å²) in [6.45, 7) is 0.0787. The molecule has 21 heavy (non-hydrogen) atoms. The molecule has 0 spiro atoms. The topological polar surface area (TPSA) is 158 Å². The smallest absolute Gasteiger partial charge is 0.329 e. The SMILES string of the molecule is Cn1c(=O)[nH]c(=O)c2c1ncn2CCC(=O)O/C(N)=N/O. The number of aromatic nitrogens is 4. The lowest BCUT2D eigenvalue weighted by atomic mass is 10.4. The summed E-state index contributed by atoms with van der Waals surface area (Å²) in [7, 11) is 1.46. The molecule has 0 saturated carbocycles. The van der Waals surface area contributed by atoms with Gasteiger partial charge in [0.2, 0.25) is 0 Å². The minimum absolute atomic E-state index is 0.0787. The number of oxime groups is 1. The second-order valence-corrected chi connectivity index (χ2v) is 4.09. The summed E-state index contributed by atoms with van der Waals surface area (Å²) in [5.41, 5.74) is 4.20. The van der Waals surface area contributed by atoms with Crippen molar-refractivity contribution >= 4 is 23.2 Å². The summed E-state index contributed by atoms with van der Waals surface area (Å²) in [4.78, 5) is 40.7. The first-order valence-electron chi connectivity index (χ1n) is 5.76. The number of aromatic amines is 1. The summed E-state index contributed by atoms with van der Waals surface area (Å²) < 4.78 is 7.03. The Kier molecular flexibility index (Phi) is 3.73. The molecule has 0 bridgehead atoms. The predicted molar refractivity (Wildman–Crippen MR) is 69.7 cm³/mol. The van der Waals surface area contributed by atoms with Crippen molar-refractivity contribution in [2.75, 3.05) is 0 Å². The Balaban J connectivity index is 2.25. The number of amidine groups is 1. The van der Waals surface area contributed by atoms with E-state index in [1.165, 1.54) is 22.5 Å². The van der Waals surface area contributed by atoms with Crippen molar-refractivity contribution in [3.05, 3.63) is 27.2 Å². The number of imidazole rings is 1. The van der Waals surface area contributed by atoms with Gasteiger partial charge in [0.25, 0.3) is 5.56 Å². The van der Waals surface area contributed by atoms with Crippen LogP contribution >= 0.6 is 0 Å². The lowest BCUT2D eigenvalue weighted by Gasteiger charge is -2.04. The third kappa shape index (κ3) is 2.75. The van der Waals surface area contributed by atoms with Crippen LogP contribution in [0.3, 0.4) is 0 Å². The number of carbonyl (C=O) groups is 1. The fourth-order valence-electron chi connectivity index (χ4n) is 1.75. The molecule has 0 amide bonds. The molecule has 0 aliphatic rings. The Morgan fingerprint density at radius 1 is 1.57 bits per heavy atom. The molecule has 4 N–H and O–H groups in total. The average molecular weight is 296 g/mol. The molecule has 0 unspecified atom stereocenters. The fraction of sp³-hybridized carbons (Fsp3) is 0.300. The highest BCUT2D eigenvalue weighted by Gasteiger charge is 2.13. The van der Waals surface area contributed by atoms with Gasteiger partial charge in [0.1, 0.15) is 0 Å². The number of aryl methyl sites for hydroxylation is 2. The molecular weight excluding hydrogens is 284 g/mol. The van der Waals surface area contributed by atoms with Crippen LogP contribution < -0.4 is 17.0 Å². The van der Waals surface area contributed by atoms with Crippen molar-refractivity contribution in [3.63, 3.8) is 0 Å². The third-order valence-corrected chi connectivity index (χ3v) is 2.75. The van der Waals surface area contributed by atoms with Gasteiger partial charge in [0, 0.05) is 13.6 Å². The molecule has 112 valence electrons. The molecule has 11 nitrogen and oxygen atoms in total. The number of nitrogens with one attached hydrogen (secondary N) is 1. The number of nitrogens with two attached hydrogens (primary N) is 1. The summed E-state index contributed by atoms with van der Waals surface area (Å²) in [5, 5.41) is 10.8. The van der Waals surface area contributed by atoms with E-state index in [0.717, 1.165) is 0 Å². The van der Waals surface area contributed by atoms with Gasteiger partial charge in [-0.2, -0.15) is 0 Å². The molecule has 0 fully saturated rings. The van der Waals surface area contributed by atoms with E-state index < -0.39 is 23.2 Å². The zero-order valence-electron chi connectivity index (χ0n) is 10.9. The van der Waals surface area contributed by atoms with Gasteiger partial charge in [-0.15, -0.1) is 0 Å². The molecule has 0 saturated heterocycles. The van der Waals surface area contributed by atoms with E-state index in [2.05, 4.69) is 19.9 Å². The molecule has 2 rings (SSSR count). The van der Waals surface area contributed by atoms with Crippen molar-refractivity contribution in [1.29, 1.82) is 0 Å². The Bertz CT molecular complexity index is 829. The van der Waals surface area contributed by atoms with Crippen molar-refractivity contribution in [3.8, 4) is 0 Å². The predicted octanol–water partition coefficient (Wildman–Crippen LogP) is -1.94. The van der Waals surface area contributed by atoms with Crippen molar-refractivity contribution in [2.24, 2.45) is 17.9 Å². The molecule has 2 aromatic heterocycles. The van der Waals surface area contributed by atoms with E-state index in [-0.39, 0.29) is 24.1 Å². The van der Waals surface area contributed by atoms with Gasteiger partial charge in [-0.25, -0.2) is 9.78 Å². The summed E-state index contributed by atoms with van der Waals surface area (Å²) in [6, 6.07) is -0.671. The number of hydrogen-bond donors (Lipinski definition) is 3. The van der Waals surface area contributed by atoms with Gasteiger partial charge in [-0.1, -0.05) is 0 Å². The molecule has 2 heterocycles. The number of ether oxygens (including phenoxy) is 1. The number of nitrogens with zero attached hydrogens (tertiary/aromatic N) is 4. The van der Waals surface area contributed by atoms with Crippen LogP contribution in [0.4, 0.5) is 0 Å². The summed E-state index contributed by atoms with van der Waals surface area (Å²) in [5.74, 6) is -0.742. The first kappa shape index (κ1) is 14.3. The van der Waals surface area contributed by atoms with Gasteiger partial charge in [-0.05, 0) is 5.16 Å². The maximum Gasteiger partial charge on any atom is 0.329 e. The highest BCUT2D eigenvalue weighted by Crippen LogP contribution is 2.05. The molecule has 0 aliphatic heterocycles. The van der Waals surface area contributed by atoms with Gasteiger partial charge in [0.05, 0.1) is 12.7 Å². The summed E-state index contributed by atoms with van der Waals surface area (Å²) >= 11 is 0. The van der Waals surface area contributed by atoms with Crippen LogP contribution in [0.25, 0.3) is 11.2 Å². The Morgan fingerprint density at radius 3 is 2.95 bits per heavy atom. The van der Waals surface area contributed by atoms with Crippen LogP contribution in [-0.2, 0) is 23.1 Å². The van der Waals surface area contributed by atoms with E-state index >= 15 is 0 Å². The van der Waals surface area contributed by atoms with Gasteiger partial charge in [-0.3, -0.25) is 19.1 Å². The molecule has 0 radical (unpaired) electrons. The Morgan fingerprint density at radius 2 is 2.29 bits per heavy atom. The van der Waals surface area contributed by atoms with E-state index in [4.69, 9.17) is 10.9 Å². The lowest BCUT2D eigenvalue weighted by molar-refractivity contribution is -0.136. The quantitative estimate of drug-likeness (QED) is 0.195. The van der Waals surface area contributed by atoms with Gasteiger partial charge >= 0.3 is 17.7 Å². The number of carbonyl (C=O) groups excluding carboxylic acids is 1. The van der Waals surface area contributed by atoms with Crippen LogP contribution in [-0.4, -0.2) is 36.3 Å². The van der Waals surface area contributed by atoms with E-state index in [0.29, 0.717) is 0 Å². The minimum atomic E-state index is -0.742. The van der Waals surface area contributed by atoms with Crippen LogP contribution in [0.15, 0.2) is 21.1 Å². The number of esters is 1. The second-order valence-electron chi connectivity index (χ2n) is 4.09. The first-order valence-corrected chi connectivity index (χ1v) is 5.76. The normalized spacial score (nSPS) is 11.8. The van der Waals surface area contributed by atoms with E-state index in [1.807, 2.05) is 0 Å². The molecular formula is C10H12N6O5. The number of hydrogen-bond acceptors (Lipinski definition) is 7. The third-order valence-electron chi connectivity index (χ3n) is 2.75. The maximum atomic E-state index is 11.8. The number of fused-ring (bicyclic) bond motifs is 1. The van der Waals surface area contributed by atoms with Gasteiger partial charge < -0.3 is 20.2 Å². The highest BCUT2D eigenvalue weighted by molar-refractivity contribution is 5.86. The number of H-pyrrole nitrogens is 1. The molecule has 0 atom stereocenters. The Labute approximate surface area is 116 Å². The fourth-order valence-corrected chi connectivity index (χ4v) is 1.75. The molecule has 0 aromatic carbocycles. The molecule has 11 heteroatoms. The molecule has 0 aliphatic carbocycles. The van der Waals surface area contributed by atoms with Crippen LogP contribution in [0, 0.1) is 0 Å². The largest absolute Gasteiger partial charge is 0.407 e. The van der Waals surface area contributed by atoms with Crippen molar-refractivity contribution in [2.45, 2.75) is 13.0 Å². The van der Waals surface area contributed by atoms with Crippen molar-refractivity contribution in [1.82, 2.24) is 19.1 Å². The first-order chi connectivity index (χ1) is 9.93. The standard InChI is InChI=1S/C10H12N6O5/c1-15-7-6(8(18)13-10(15)19)16(4-12-7)3-2-5(17)21-9(11)14-20/h4,20H,2-3H2,1H3,(H2,11,14)(H,13,18,19). The average Bonchev–Trinajstić information content (AvgIpc) is 2.87. The van der Waals surface area contributed by atoms with E-state index in [1.54, 1.807) is 0 Å². The summed E-state index contributed by atoms with van der Waals surface area (Å²) in [6.07, 6.45) is 1.19. The van der Waals surface area contributed by atoms with Crippen molar-refractivity contribution < 1.29 is 14.7 Å².